The van der Waals surface area contributed by atoms with Crippen LogP contribution in [0.2, 0.25) is 0 Å². The zero-order chi connectivity index (χ0) is 17.8. The minimum atomic E-state index is 0.705. The average molecular weight is 349 g/mol. The van der Waals surface area contributed by atoms with Crippen molar-refractivity contribution in [2.75, 3.05) is 44.2 Å². The van der Waals surface area contributed by atoms with E-state index in [1.807, 2.05) is 18.5 Å². The summed E-state index contributed by atoms with van der Waals surface area (Å²) in [7, 11) is 0. The molecule has 2 aromatic heterocycles. The minimum Gasteiger partial charge on any atom is -0.367 e. The molecule has 134 valence electrons. The summed E-state index contributed by atoms with van der Waals surface area (Å²) in [6, 6.07) is 12.6. The zero-order valence-electron chi connectivity index (χ0n) is 14.7. The maximum absolute atomic E-state index is 10.4. The maximum Gasteiger partial charge on any atom is 0.207 e. The lowest BCUT2D eigenvalue weighted by atomic mass is 10.0. The summed E-state index contributed by atoms with van der Waals surface area (Å²) in [6.45, 7) is 5.50. The third-order valence-electron chi connectivity index (χ3n) is 5.01. The number of H-pyrrole nitrogens is 1. The SMILES string of the molecule is O=CNCCN1CCN(c2cccnc2-c2cccc3[nH]ccc23)CC1. The van der Waals surface area contributed by atoms with Gasteiger partial charge >= 0.3 is 0 Å². The summed E-state index contributed by atoms with van der Waals surface area (Å²) in [5.74, 6) is 0. The van der Waals surface area contributed by atoms with Crippen molar-refractivity contribution in [3.05, 3.63) is 48.8 Å². The van der Waals surface area contributed by atoms with Crippen molar-refractivity contribution in [3.8, 4) is 11.3 Å². The number of hydrogen-bond acceptors (Lipinski definition) is 4. The van der Waals surface area contributed by atoms with Crippen LogP contribution in [-0.2, 0) is 4.79 Å². The number of aromatic amines is 1. The Bertz CT molecular complexity index is 883. The van der Waals surface area contributed by atoms with E-state index in [-0.39, 0.29) is 0 Å². The first-order chi connectivity index (χ1) is 12.9. The largest absolute Gasteiger partial charge is 0.367 e. The Morgan fingerprint density at radius 2 is 2.00 bits per heavy atom. The van der Waals surface area contributed by atoms with Crippen LogP contribution in [0.25, 0.3) is 22.2 Å². The molecule has 26 heavy (non-hydrogen) atoms. The molecule has 1 saturated heterocycles. The molecule has 0 bridgehead atoms. The molecule has 1 aromatic carbocycles. The van der Waals surface area contributed by atoms with Crippen LogP contribution in [0.4, 0.5) is 5.69 Å². The Morgan fingerprint density at radius 3 is 2.85 bits per heavy atom. The number of amides is 1. The predicted molar refractivity (Wildman–Crippen MR) is 104 cm³/mol. The monoisotopic (exact) mass is 349 g/mol. The number of hydrogen-bond donors (Lipinski definition) is 2. The Kier molecular flexibility index (Phi) is 4.84. The van der Waals surface area contributed by atoms with Crippen molar-refractivity contribution in [1.82, 2.24) is 20.2 Å². The van der Waals surface area contributed by atoms with E-state index in [4.69, 9.17) is 4.98 Å². The zero-order valence-corrected chi connectivity index (χ0v) is 14.7. The maximum atomic E-state index is 10.4. The smallest absolute Gasteiger partial charge is 0.207 e. The molecule has 0 aliphatic carbocycles. The lowest BCUT2D eigenvalue weighted by molar-refractivity contribution is -0.109. The predicted octanol–water partition coefficient (Wildman–Crippen LogP) is 2.10. The number of aromatic nitrogens is 2. The fraction of sp³-hybridized carbons (Fsp3) is 0.300. The highest BCUT2D eigenvalue weighted by Gasteiger charge is 2.20. The minimum absolute atomic E-state index is 0.705. The molecule has 0 saturated carbocycles. The fourth-order valence-electron chi connectivity index (χ4n) is 3.65. The van der Waals surface area contributed by atoms with Gasteiger partial charge in [0.25, 0.3) is 0 Å². The number of fused-ring (bicyclic) bond motifs is 1. The van der Waals surface area contributed by atoms with E-state index in [1.54, 1.807) is 0 Å². The molecule has 1 amide bonds. The third kappa shape index (κ3) is 3.28. The number of anilines is 1. The Labute approximate surface area is 152 Å². The highest BCUT2D eigenvalue weighted by Crippen LogP contribution is 2.33. The molecule has 3 aromatic rings. The summed E-state index contributed by atoms with van der Waals surface area (Å²) in [5, 5.41) is 3.93. The van der Waals surface area contributed by atoms with E-state index in [0.29, 0.717) is 6.54 Å². The first-order valence-corrected chi connectivity index (χ1v) is 9.02. The van der Waals surface area contributed by atoms with Crippen LogP contribution in [0.5, 0.6) is 0 Å². The summed E-state index contributed by atoms with van der Waals surface area (Å²) in [5.41, 5.74) is 4.52. The van der Waals surface area contributed by atoms with E-state index in [0.717, 1.165) is 55.9 Å². The van der Waals surface area contributed by atoms with Crippen LogP contribution in [0, 0.1) is 0 Å². The van der Waals surface area contributed by atoms with Gasteiger partial charge in [0.1, 0.15) is 0 Å². The van der Waals surface area contributed by atoms with Gasteiger partial charge in [-0.15, -0.1) is 0 Å². The molecule has 1 aliphatic rings. The average Bonchev–Trinajstić information content (AvgIpc) is 3.18. The topological polar surface area (TPSA) is 64.3 Å². The molecule has 0 unspecified atom stereocenters. The molecule has 3 heterocycles. The van der Waals surface area contributed by atoms with Gasteiger partial charge in [0.15, 0.2) is 0 Å². The van der Waals surface area contributed by atoms with Crippen molar-refractivity contribution >= 4 is 23.0 Å². The lowest BCUT2D eigenvalue weighted by Crippen LogP contribution is -2.48. The number of pyridine rings is 1. The summed E-state index contributed by atoms with van der Waals surface area (Å²) in [6.07, 6.45) is 4.61. The molecule has 6 heteroatoms. The number of carbonyl (C=O) groups is 1. The molecule has 0 spiro atoms. The number of rotatable bonds is 6. The molecule has 6 nitrogen and oxygen atoms in total. The van der Waals surface area contributed by atoms with Gasteiger partial charge in [-0.2, -0.15) is 0 Å². The van der Waals surface area contributed by atoms with Crippen molar-refractivity contribution in [2.24, 2.45) is 0 Å². The standard InChI is InChI=1S/C20H23N5O/c26-15-21-9-10-24-11-13-25(14-12-24)19-5-2-7-23-20(19)17-3-1-4-18-16(17)6-8-22-18/h1-8,15,22H,9-14H2,(H,21,26). The first-order valence-electron chi connectivity index (χ1n) is 9.02. The van der Waals surface area contributed by atoms with Crippen LogP contribution in [-0.4, -0.2) is 60.5 Å². The van der Waals surface area contributed by atoms with E-state index in [9.17, 15) is 4.79 Å². The second-order valence-corrected chi connectivity index (χ2v) is 6.52. The Hall–Kier alpha value is -2.86. The highest BCUT2D eigenvalue weighted by atomic mass is 16.1. The van der Waals surface area contributed by atoms with E-state index >= 15 is 0 Å². The first kappa shape index (κ1) is 16.6. The normalized spacial score (nSPS) is 15.3. The molecule has 0 atom stereocenters. The molecule has 1 fully saturated rings. The number of nitrogens with one attached hydrogen (secondary N) is 2. The molecular formula is C20H23N5O. The van der Waals surface area contributed by atoms with Gasteiger partial charge in [-0.25, -0.2) is 0 Å². The molecule has 1 aliphatic heterocycles. The van der Waals surface area contributed by atoms with Crippen molar-refractivity contribution in [1.29, 1.82) is 0 Å². The third-order valence-corrected chi connectivity index (χ3v) is 5.01. The van der Waals surface area contributed by atoms with Gasteiger partial charge in [-0.3, -0.25) is 14.7 Å². The second kappa shape index (κ2) is 7.58. The van der Waals surface area contributed by atoms with Crippen LogP contribution in [0.1, 0.15) is 0 Å². The summed E-state index contributed by atoms with van der Waals surface area (Å²) in [4.78, 5) is 23.2. The number of benzene rings is 1. The van der Waals surface area contributed by atoms with Crippen molar-refractivity contribution in [2.45, 2.75) is 0 Å². The molecular weight excluding hydrogens is 326 g/mol. The van der Waals surface area contributed by atoms with Crippen LogP contribution >= 0.6 is 0 Å². The highest BCUT2D eigenvalue weighted by molar-refractivity contribution is 5.97. The fourth-order valence-corrected chi connectivity index (χ4v) is 3.65. The Balaban J connectivity index is 1.56. The van der Waals surface area contributed by atoms with Gasteiger partial charge in [0.05, 0.1) is 11.4 Å². The molecule has 2 N–H and O–H groups in total. The van der Waals surface area contributed by atoms with Gasteiger partial charge in [-0.05, 0) is 24.3 Å². The summed E-state index contributed by atoms with van der Waals surface area (Å²) < 4.78 is 0. The van der Waals surface area contributed by atoms with Gasteiger partial charge < -0.3 is 15.2 Å². The van der Waals surface area contributed by atoms with Crippen LogP contribution in [0.15, 0.2) is 48.8 Å². The van der Waals surface area contributed by atoms with Gasteiger partial charge in [0, 0.05) is 68.1 Å². The lowest BCUT2D eigenvalue weighted by Gasteiger charge is -2.36. The van der Waals surface area contributed by atoms with Gasteiger partial charge in [-0.1, -0.05) is 12.1 Å². The summed E-state index contributed by atoms with van der Waals surface area (Å²) >= 11 is 0. The number of piperazine rings is 1. The van der Waals surface area contributed by atoms with E-state index < -0.39 is 0 Å². The number of carbonyl (C=O) groups excluding carboxylic acids is 1. The van der Waals surface area contributed by atoms with Crippen LogP contribution in [0.3, 0.4) is 0 Å². The molecule has 4 rings (SSSR count). The second-order valence-electron chi connectivity index (χ2n) is 6.52. The number of nitrogens with zero attached hydrogens (tertiary/aromatic N) is 3. The van der Waals surface area contributed by atoms with Crippen LogP contribution < -0.4 is 10.2 Å². The van der Waals surface area contributed by atoms with Crippen molar-refractivity contribution in [3.63, 3.8) is 0 Å². The quantitative estimate of drug-likeness (QED) is 0.528. The van der Waals surface area contributed by atoms with E-state index in [2.05, 4.69) is 50.4 Å². The van der Waals surface area contributed by atoms with Crippen molar-refractivity contribution < 1.29 is 4.79 Å². The van der Waals surface area contributed by atoms with E-state index in [1.165, 1.54) is 11.1 Å². The molecule has 0 radical (unpaired) electrons. The Morgan fingerprint density at radius 1 is 1.12 bits per heavy atom. The van der Waals surface area contributed by atoms with Gasteiger partial charge in [0.2, 0.25) is 6.41 Å².